The van der Waals surface area contributed by atoms with Gasteiger partial charge in [-0.25, -0.2) is 23.9 Å². The van der Waals surface area contributed by atoms with Crippen LogP contribution in [0.2, 0.25) is 5.02 Å². The Kier molecular flexibility index (Phi) is 4.76. The van der Waals surface area contributed by atoms with Gasteiger partial charge in [0, 0.05) is 10.6 Å². The van der Waals surface area contributed by atoms with Gasteiger partial charge >= 0.3 is 5.76 Å². The van der Waals surface area contributed by atoms with Crippen LogP contribution in [0.15, 0.2) is 63.8 Å². The molecule has 154 valence electrons. The molecule has 10 heteroatoms. The van der Waals surface area contributed by atoms with E-state index in [9.17, 15) is 9.18 Å². The molecule has 0 radical (unpaired) electrons. The molecule has 0 atom stereocenters. The second kappa shape index (κ2) is 7.60. The third-order valence-corrected chi connectivity index (χ3v) is 5.99. The van der Waals surface area contributed by atoms with E-state index in [4.69, 9.17) is 21.1 Å². The highest BCUT2D eigenvalue weighted by molar-refractivity contribution is 7.18. The average molecular weight is 454 g/mol. The number of nitrogens with zero attached hydrogens (tertiary/aromatic N) is 4. The van der Waals surface area contributed by atoms with Gasteiger partial charge < -0.3 is 4.42 Å². The Hall–Kier alpha value is -3.56. The summed E-state index contributed by atoms with van der Waals surface area (Å²) in [5, 5.41) is 12.1. The molecule has 7 nitrogen and oxygen atoms in total. The zero-order valence-corrected chi connectivity index (χ0v) is 17.5. The number of rotatable bonds is 4. The summed E-state index contributed by atoms with van der Waals surface area (Å²) in [5.41, 5.74) is 3.66. The molecule has 0 unspecified atom stereocenters. The third kappa shape index (κ3) is 3.69. The van der Waals surface area contributed by atoms with Crippen molar-refractivity contribution in [1.29, 1.82) is 0 Å². The van der Waals surface area contributed by atoms with Crippen LogP contribution >= 0.6 is 22.9 Å². The summed E-state index contributed by atoms with van der Waals surface area (Å²) in [6.45, 7) is 1.81. The predicted molar refractivity (Wildman–Crippen MR) is 116 cm³/mol. The van der Waals surface area contributed by atoms with E-state index >= 15 is 0 Å². The Morgan fingerprint density at radius 2 is 1.87 bits per heavy atom. The normalized spacial score (nSPS) is 11.2. The molecule has 0 fully saturated rings. The first kappa shape index (κ1) is 19.4. The number of halogens is 2. The van der Waals surface area contributed by atoms with Gasteiger partial charge in [0.2, 0.25) is 0 Å². The van der Waals surface area contributed by atoms with Gasteiger partial charge in [-0.05, 0) is 49.4 Å². The number of hydrogen-bond acceptors (Lipinski definition) is 6. The third-order valence-electron chi connectivity index (χ3n) is 4.57. The van der Waals surface area contributed by atoms with Crippen molar-refractivity contribution < 1.29 is 8.81 Å². The minimum Gasteiger partial charge on any atom is -0.387 e. The molecule has 2 aromatic carbocycles. The molecule has 0 bridgehead atoms. The van der Waals surface area contributed by atoms with E-state index < -0.39 is 5.76 Å². The van der Waals surface area contributed by atoms with Crippen molar-refractivity contribution in [2.24, 2.45) is 0 Å². The Morgan fingerprint density at radius 1 is 1.13 bits per heavy atom. The molecule has 5 aromatic rings. The number of nitrogens with one attached hydrogen (secondary N) is 1. The quantitative estimate of drug-likeness (QED) is 0.408. The van der Waals surface area contributed by atoms with E-state index in [0.29, 0.717) is 32.0 Å². The first-order valence-electron chi connectivity index (χ1n) is 9.13. The molecule has 0 aliphatic rings. The second-order valence-corrected chi connectivity index (χ2v) is 8.10. The van der Waals surface area contributed by atoms with Crippen LogP contribution in [0.4, 0.5) is 4.39 Å². The van der Waals surface area contributed by atoms with Crippen molar-refractivity contribution in [1.82, 2.24) is 25.0 Å². The lowest BCUT2D eigenvalue weighted by Crippen LogP contribution is -1.99. The monoisotopic (exact) mass is 453 g/mol. The summed E-state index contributed by atoms with van der Waals surface area (Å²) in [6.07, 6.45) is 0. The largest absolute Gasteiger partial charge is 0.434 e. The van der Waals surface area contributed by atoms with Gasteiger partial charge in [0.15, 0.2) is 0 Å². The molecule has 31 heavy (non-hydrogen) atoms. The maximum atomic E-state index is 13.5. The van der Waals surface area contributed by atoms with Crippen LogP contribution < -0.4 is 5.76 Å². The Morgan fingerprint density at radius 3 is 2.55 bits per heavy atom. The van der Waals surface area contributed by atoms with Crippen LogP contribution in [0.25, 0.3) is 38.4 Å². The topological polar surface area (TPSA) is 89.6 Å². The Labute approximate surface area is 183 Å². The predicted octanol–water partition coefficient (Wildman–Crippen LogP) is 5.11. The molecule has 0 aliphatic heterocycles. The van der Waals surface area contributed by atoms with Crippen molar-refractivity contribution in [2.45, 2.75) is 6.92 Å². The van der Waals surface area contributed by atoms with Gasteiger partial charge in [0.25, 0.3) is 5.89 Å². The van der Waals surface area contributed by atoms with Gasteiger partial charge in [-0.1, -0.05) is 23.7 Å². The molecule has 0 spiro atoms. The molecule has 0 saturated carbocycles. The van der Waals surface area contributed by atoms with Crippen LogP contribution in [-0.2, 0) is 0 Å². The zero-order chi connectivity index (χ0) is 21.5. The molecule has 0 aliphatic carbocycles. The summed E-state index contributed by atoms with van der Waals surface area (Å²) in [7, 11) is 0. The summed E-state index contributed by atoms with van der Waals surface area (Å²) in [4.78, 5) is 16.5. The van der Waals surface area contributed by atoms with Crippen LogP contribution in [0.3, 0.4) is 0 Å². The lowest BCUT2D eigenvalue weighted by molar-refractivity contribution is 0.527. The lowest BCUT2D eigenvalue weighted by Gasteiger charge is -2.07. The Balaban J connectivity index is 1.65. The first-order chi connectivity index (χ1) is 15.0. The van der Waals surface area contributed by atoms with E-state index in [1.807, 2.05) is 18.2 Å². The summed E-state index contributed by atoms with van der Waals surface area (Å²) >= 11 is 7.36. The van der Waals surface area contributed by atoms with E-state index in [0.717, 1.165) is 11.3 Å². The highest BCUT2D eigenvalue weighted by Gasteiger charge is 2.20. The lowest BCUT2D eigenvalue weighted by atomic mass is 10.1. The fraction of sp³-hybridized carbons (Fsp3) is 0.0476. The minimum atomic E-state index is -0.630. The van der Waals surface area contributed by atoms with Gasteiger partial charge in [0.05, 0.1) is 17.1 Å². The van der Waals surface area contributed by atoms with Crippen LogP contribution in [0.5, 0.6) is 0 Å². The number of H-pyrrole nitrogens is 1. The first-order valence-corrected chi connectivity index (χ1v) is 10.3. The maximum Gasteiger partial charge on any atom is 0.434 e. The smallest absolute Gasteiger partial charge is 0.387 e. The standard InChI is InChI=1S/C21H13ClFN5O2S/c1-11-18(19-25-26-21(29)30-19)31-20(24-11)16-10-17(12-2-4-13(22)5-3-12)28(27-16)15-8-6-14(23)7-9-15/h2-10H,1H3,(H,26,29). The molecular formula is C21H13ClFN5O2S. The fourth-order valence-corrected chi connectivity index (χ4v) is 4.20. The van der Waals surface area contributed by atoms with Crippen LogP contribution in [-0.4, -0.2) is 25.0 Å². The summed E-state index contributed by atoms with van der Waals surface area (Å²) in [6, 6.07) is 15.3. The second-order valence-electron chi connectivity index (χ2n) is 6.66. The SMILES string of the molecule is Cc1nc(-c2cc(-c3ccc(Cl)cc3)n(-c3ccc(F)cc3)n2)sc1-c1n[nH]c(=O)o1. The van der Waals surface area contributed by atoms with Crippen molar-refractivity contribution in [3.05, 3.63) is 81.7 Å². The summed E-state index contributed by atoms with van der Waals surface area (Å²) < 4.78 is 20.2. The van der Waals surface area contributed by atoms with E-state index in [1.165, 1.54) is 23.5 Å². The van der Waals surface area contributed by atoms with Crippen molar-refractivity contribution >= 4 is 22.9 Å². The van der Waals surface area contributed by atoms with Gasteiger partial charge in [-0.3, -0.25) is 0 Å². The number of aromatic amines is 1. The zero-order valence-electron chi connectivity index (χ0n) is 16.0. The number of benzene rings is 2. The molecule has 0 saturated heterocycles. The van der Waals surface area contributed by atoms with Crippen molar-refractivity contribution in [3.8, 4) is 38.4 Å². The molecule has 1 N–H and O–H groups in total. The van der Waals surface area contributed by atoms with E-state index in [-0.39, 0.29) is 11.7 Å². The number of thiazole rings is 1. The van der Waals surface area contributed by atoms with Crippen molar-refractivity contribution in [2.75, 3.05) is 0 Å². The molecular weight excluding hydrogens is 441 g/mol. The fourth-order valence-electron chi connectivity index (χ4n) is 3.12. The van der Waals surface area contributed by atoms with Gasteiger partial charge in [-0.15, -0.1) is 16.4 Å². The number of hydrogen-bond donors (Lipinski definition) is 1. The van der Waals surface area contributed by atoms with Gasteiger partial charge in [-0.2, -0.15) is 5.10 Å². The van der Waals surface area contributed by atoms with Crippen LogP contribution in [0.1, 0.15) is 5.69 Å². The molecule has 5 rings (SSSR count). The minimum absolute atomic E-state index is 0.183. The molecule has 0 amide bonds. The number of aromatic nitrogens is 5. The number of aryl methyl sites for hydroxylation is 1. The maximum absolute atomic E-state index is 13.5. The van der Waals surface area contributed by atoms with E-state index in [1.54, 1.807) is 35.9 Å². The van der Waals surface area contributed by atoms with Crippen molar-refractivity contribution in [3.63, 3.8) is 0 Å². The summed E-state index contributed by atoms with van der Waals surface area (Å²) in [5.74, 6) is -0.776. The van der Waals surface area contributed by atoms with Gasteiger partial charge in [0.1, 0.15) is 21.4 Å². The highest BCUT2D eigenvalue weighted by Crippen LogP contribution is 2.36. The average Bonchev–Trinajstić information content (AvgIpc) is 3.47. The van der Waals surface area contributed by atoms with Crippen LogP contribution in [0, 0.1) is 12.7 Å². The van der Waals surface area contributed by atoms with E-state index in [2.05, 4.69) is 15.2 Å². The molecule has 3 aromatic heterocycles. The highest BCUT2D eigenvalue weighted by atomic mass is 35.5. The molecule has 3 heterocycles. The Bertz CT molecular complexity index is 1370.